The Morgan fingerprint density at radius 1 is 1.32 bits per heavy atom. The van der Waals surface area contributed by atoms with Crippen molar-refractivity contribution in [1.82, 2.24) is 0 Å². The predicted octanol–water partition coefficient (Wildman–Crippen LogP) is 1.13. The lowest BCUT2D eigenvalue weighted by atomic mass is 10.1. The molecule has 19 heavy (non-hydrogen) atoms. The highest BCUT2D eigenvalue weighted by atomic mass is 16.4. The van der Waals surface area contributed by atoms with Gasteiger partial charge >= 0.3 is 11.9 Å². The number of anilines is 1. The third-order valence-electron chi connectivity index (χ3n) is 3.30. The van der Waals surface area contributed by atoms with Gasteiger partial charge in [-0.15, -0.1) is 0 Å². The van der Waals surface area contributed by atoms with Crippen LogP contribution in [0.3, 0.4) is 0 Å². The van der Waals surface area contributed by atoms with Gasteiger partial charge in [-0.05, 0) is 24.6 Å². The van der Waals surface area contributed by atoms with Crippen molar-refractivity contribution in [2.75, 3.05) is 11.4 Å². The summed E-state index contributed by atoms with van der Waals surface area (Å²) in [5, 5.41) is 18.0. The van der Waals surface area contributed by atoms with Crippen molar-refractivity contribution in [3.63, 3.8) is 0 Å². The minimum atomic E-state index is -1.07. The third kappa shape index (κ3) is 2.29. The highest BCUT2D eigenvalue weighted by Crippen LogP contribution is 2.29. The summed E-state index contributed by atoms with van der Waals surface area (Å²) in [7, 11) is 0. The Bertz CT molecular complexity index is 566. The monoisotopic (exact) mass is 263 g/mol. The van der Waals surface area contributed by atoms with Crippen molar-refractivity contribution in [3.05, 3.63) is 29.3 Å². The van der Waals surface area contributed by atoms with E-state index in [1.807, 2.05) is 0 Å². The van der Waals surface area contributed by atoms with Gasteiger partial charge in [0.2, 0.25) is 5.91 Å². The quantitative estimate of drug-likeness (QED) is 0.852. The van der Waals surface area contributed by atoms with Gasteiger partial charge in [-0.3, -0.25) is 9.59 Å². The van der Waals surface area contributed by atoms with Crippen LogP contribution in [0.15, 0.2) is 18.2 Å². The van der Waals surface area contributed by atoms with E-state index in [4.69, 9.17) is 10.2 Å². The maximum Gasteiger partial charge on any atom is 0.336 e. The second-order valence-corrected chi connectivity index (χ2v) is 4.50. The molecule has 6 nitrogen and oxygen atoms in total. The summed E-state index contributed by atoms with van der Waals surface area (Å²) in [4.78, 5) is 35.1. The molecule has 1 fully saturated rings. The van der Waals surface area contributed by atoms with Crippen LogP contribution in [0, 0.1) is 12.8 Å². The van der Waals surface area contributed by atoms with Crippen molar-refractivity contribution >= 4 is 23.5 Å². The number of aliphatic carboxylic acids is 1. The van der Waals surface area contributed by atoms with Crippen LogP contribution >= 0.6 is 0 Å². The van der Waals surface area contributed by atoms with Crippen molar-refractivity contribution in [1.29, 1.82) is 0 Å². The lowest BCUT2D eigenvalue weighted by molar-refractivity contribution is -0.141. The first-order valence-electron chi connectivity index (χ1n) is 5.78. The number of carboxylic acids is 2. The Morgan fingerprint density at radius 2 is 2.00 bits per heavy atom. The Balaban J connectivity index is 2.38. The zero-order valence-corrected chi connectivity index (χ0v) is 10.3. The van der Waals surface area contributed by atoms with Gasteiger partial charge in [0.1, 0.15) is 0 Å². The molecule has 0 saturated carbocycles. The first-order valence-corrected chi connectivity index (χ1v) is 5.78. The molecule has 1 unspecified atom stereocenters. The molecule has 1 aromatic rings. The summed E-state index contributed by atoms with van der Waals surface area (Å²) < 4.78 is 0. The minimum absolute atomic E-state index is 0.0495. The topological polar surface area (TPSA) is 94.9 Å². The number of hydrogen-bond acceptors (Lipinski definition) is 3. The Morgan fingerprint density at radius 3 is 2.53 bits per heavy atom. The Kier molecular flexibility index (Phi) is 3.25. The van der Waals surface area contributed by atoms with Crippen LogP contribution in [0.1, 0.15) is 22.3 Å². The van der Waals surface area contributed by atoms with E-state index >= 15 is 0 Å². The van der Waals surface area contributed by atoms with E-state index in [-0.39, 0.29) is 24.4 Å². The van der Waals surface area contributed by atoms with Crippen molar-refractivity contribution in [2.24, 2.45) is 5.92 Å². The van der Waals surface area contributed by atoms with Crippen molar-refractivity contribution in [2.45, 2.75) is 13.3 Å². The molecule has 100 valence electrons. The fourth-order valence-electron chi connectivity index (χ4n) is 2.25. The zero-order valence-electron chi connectivity index (χ0n) is 10.3. The smallest absolute Gasteiger partial charge is 0.336 e. The number of carbonyl (C=O) groups is 3. The van der Waals surface area contributed by atoms with Crippen LogP contribution in [0.4, 0.5) is 5.69 Å². The molecular formula is C13H13NO5. The molecule has 1 saturated heterocycles. The average Bonchev–Trinajstić information content (AvgIpc) is 2.71. The summed E-state index contributed by atoms with van der Waals surface area (Å²) in [6, 6.07) is 4.63. The summed E-state index contributed by atoms with van der Waals surface area (Å²) in [6.45, 7) is 1.69. The molecule has 2 rings (SSSR count). The highest BCUT2D eigenvalue weighted by molar-refractivity contribution is 6.01. The molecule has 0 aromatic heterocycles. The van der Waals surface area contributed by atoms with Crippen LogP contribution in [0.2, 0.25) is 0 Å². The molecule has 1 heterocycles. The van der Waals surface area contributed by atoms with E-state index < -0.39 is 17.9 Å². The van der Waals surface area contributed by atoms with Crippen LogP contribution < -0.4 is 4.90 Å². The maximum atomic E-state index is 11.8. The molecule has 1 aliphatic rings. The molecule has 0 radical (unpaired) electrons. The van der Waals surface area contributed by atoms with E-state index in [2.05, 4.69) is 0 Å². The molecule has 2 N–H and O–H groups in total. The summed E-state index contributed by atoms with van der Waals surface area (Å²) in [6.07, 6.45) is -0.0495. The standard InChI is InChI=1S/C13H13NO5/c1-7-9(13(18)19)3-2-4-10(7)14-6-8(12(16)17)5-11(14)15/h2-4,8H,5-6H2,1H3,(H,16,17)(H,18,19). The first-order chi connectivity index (χ1) is 8.91. The zero-order chi connectivity index (χ0) is 14.2. The molecule has 1 atom stereocenters. The maximum absolute atomic E-state index is 11.8. The number of carboxylic acid groups (broad SMARTS) is 2. The largest absolute Gasteiger partial charge is 0.481 e. The molecule has 0 spiro atoms. The van der Waals surface area contributed by atoms with E-state index in [1.54, 1.807) is 19.1 Å². The van der Waals surface area contributed by atoms with Crippen LogP contribution in [-0.4, -0.2) is 34.6 Å². The van der Waals surface area contributed by atoms with E-state index in [0.29, 0.717) is 11.3 Å². The van der Waals surface area contributed by atoms with Crippen molar-refractivity contribution in [3.8, 4) is 0 Å². The van der Waals surface area contributed by atoms with Gasteiger partial charge in [-0.1, -0.05) is 6.07 Å². The number of benzene rings is 1. The second-order valence-electron chi connectivity index (χ2n) is 4.50. The van der Waals surface area contributed by atoms with Gasteiger partial charge in [0, 0.05) is 18.7 Å². The molecule has 1 aliphatic heterocycles. The molecule has 1 amide bonds. The highest BCUT2D eigenvalue weighted by Gasteiger charge is 2.35. The van der Waals surface area contributed by atoms with Crippen molar-refractivity contribution < 1.29 is 24.6 Å². The molecule has 6 heteroatoms. The third-order valence-corrected chi connectivity index (χ3v) is 3.30. The van der Waals surface area contributed by atoms with Gasteiger partial charge in [-0.25, -0.2) is 4.79 Å². The van der Waals surface area contributed by atoms with E-state index in [1.165, 1.54) is 11.0 Å². The lowest BCUT2D eigenvalue weighted by Crippen LogP contribution is -2.27. The van der Waals surface area contributed by atoms with Crippen LogP contribution in [0.25, 0.3) is 0 Å². The fraction of sp³-hybridized carbons (Fsp3) is 0.308. The number of rotatable bonds is 3. The molecule has 0 aliphatic carbocycles. The summed E-state index contributed by atoms with van der Waals surface area (Å²) in [5.74, 6) is -3.11. The van der Waals surface area contributed by atoms with Gasteiger partial charge in [-0.2, -0.15) is 0 Å². The van der Waals surface area contributed by atoms with E-state index in [9.17, 15) is 14.4 Å². The van der Waals surface area contributed by atoms with Crippen LogP contribution in [-0.2, 0) is 9.59 Å². The SMILES string of the molecule is Cc1c(C(=O)O)cccc1N1CC(C(=O)O)CC1=O. The number of nitrogens with zero attached hydrogens (tertiary/aromatic N) is 1. The van der Waals surface area contributed by atoms with Gasteiger partial charge < -0.3 is 15.1 Å². The predicted molar refractivity (Wildman–Crippen MR) is 66.2 cm³/mol. The normalized spacial score (nSPS) is 18.7. The average molecular weight is 263 g/mol. The molecule has 0 bridgehead atoms. The molecule has 1 aromatic carbocycles. The Labute approximate surface area is 109 Å². The van der Waals surface area contributed by atoms with Gasteiger partial charge in [0.25, 0.3) is 0 Å². The van der Waals surface area contributed by atoms with Crippen LogP contribution in [0.5, 0.6) is 0 Å². The van der Waals surface area contributed by atoms with Gasteiger partial charge in [0.05, 0.1) is 11.5 Å². The lowest BCUT2D eigenvalue weighted by Gasteiger charge is -2.19. The van der Waals surface area contributed by atoms with Gasteiger partial charge in [0.15, 0.2) is 0 Å². The number of carbonyl (C=O) groups excluding carboxylic acids is 1. The first kappa shape index (κ1) is 13.1. The fourth-order valence-corrected chi connectivity index (χ4v) is 2.25. The minimum Gasteiger partial charge on any atom is -0.481 e. The van der Waals surface area contributed by atoms with E-state index in [0.717, 1.165) is 0 Å². The summed E-state index contributed by atoms with van der Waals surface area (Å²) in [5.41, 5.74) is 1.05. The molecular weight excluding hydrogens is 250 g/mol. The second kappa shape index (κ2) is 4.72. The summed E-state index contributed by atoms with van der Waals surface area (Å²) >= 11 is 0. The number of amides is 1. The number of hydrogen-bond donors (Lipinski definition) is 2. The number of aromatic carboxylic acids is 1. The Hall–Kier alpha value is -2.37.